The Morgan fingerprint density at radius 3 is 2.53 bits per heavy atom. The number of hydrogen-bond acceptors (Lipinski definition) is 3. The Morgan fingerprint density at radius 2 is 2.00 bits per heavy atom. The summed E-state index contributed by atoms with van der Waals surface area (Å²) in [5.41, 5.74) is 1.15. The lowest BCUT2D eigenvalue weighted by Crippen LogP contribution is -2.23. The number of esters is 1. The first-order chi connectivity index (χ1) is 8.15. The van der Waals surface area contributed by atoms with Crippen LogP contribution in [-0.4, -0.2) is 23.8 Å². The molecule has 3 heteroatoms. The summed E-state index contributed by atoms with van der Waals surface area (Å²) in [5.74, 6) is -0.123. The molecule has 0 aromatic heterocycles. The van der Waals surface area contributed by atoms with Gasteiger partial charge >= 0.3 is 5.97 Å². The summed E-state index contributed by atoms with van der Waals surface area (Å²) in [6, 6.07) is 9.97. The molecule has 0 aliphatic heterocycles. The first kappa shape index (κ1) is 13.7. The van der Waals surface area contributed by atoms with Crippen molar-refractivity contribution in [2.24, 2.45) is 0 Å². The number of ether oxygens (including phenoxy) is 1. The zero-order valence-corrected chi connectivity index (χ0v) is 10.4. The van der Waals surface area contributed by atoms with Crippen LogP contribution in [0.3, 0.4) is 0 Å². The third kappa shape index (κ3) is 4.57. The fourth-order valence-electron chi connectivity index (χ4n) is 1.89. The second kappa shape index (κ2) is 7.07. The van der Waals surface area contributed by atoms with Crippen LogP contribution in [0.2, 0.25) is 0 Å². The van der Waals surface area contributed by atoms with Crippen LogP contribution in [0.25, 0.3) is 0 Å². The number of carbonyl (C=O) groups excluding carboxylic acids is 1. The molecule has 1 N–H and O–H groups in total. The fraction of sp³-hybridized carbons (Fsp3) is 0.500. The van der Waals surface area contributed by atoms with E-state index in [9.17, 15) is 4.79 Å². The molecule has 0 saturated heterocycles. The lowest BCUT2D eigenvalue weighted by Gasteiger charge is -2.23. The number of aliphatic hydroxyl groups excluding tert-OH is 1. The minimum atomic E-state index is -0.268. The quantitative estimate of drug-likeness (QED) is 0.772. The van der Waals surface area contributed by atoms with Gasteiger partial charge in [0, 0.05) is 19.4 Å². The lowest BCUT2D eigenvalue weighted by molar-refractivity contribution is -0.147. The summed E-state index contributed by atoms with van der Waals surface area (Å²) in [7, 11) is 0. The van der Waals surface area contributed by atoms with Crippen LogP contribution in [-0.2, 0) is 9.53 Å². The van der Waals surface area contributed by atoms with Gasteiger partial charge in [-0.1, -0.05) is 37.3 Å². The Hall–Kier alpha value is -1.35. The van der Waals surface area contributed by atoms with Crippen LogP contribution < -0.4 is 0 Å². The van der Waals surface area contributed by atoms with Gasteiger partial charge < -0.3 is 9.84 Å². The highest BCUT2D eigenvalue weighted by Crippen LogP contribution is 2.24. The van der Waals surface area contributed by atoms with Crippen molar-refractivity contribution < 1.29 is 14.6 Å². The normalized spacial score (nSPS) is 14.1. The highest BCUT2D eigenvalue weighted by molar-refractivity contribution is 5.66. The molecular weight excluding hydrogens is 216 g/mol. The van der Waals surface area contributed by atoms with Crippen LogP contribution in [0.15, 0.2) is 30.3 Å². The topological polar surface area (TPSA) is 46.5 Å². The van der Waals surface area contributed by atoms with Crippen LogP contribution in [0.1, 0.15) is 38.2 Å². The van der Waals surface area contributed by atoms with Crippen LogP contribution in [0.5, 0.6) is 0 Å². The van der Waals surface area contributed by atoms with E-state index in [0.717, 1.165) is 5.56 Å². The van der Waals surface area contributed by atoms with Crippen molar-refractivity contribution in [2.45, 2.75) is 38.7 Å². The Morgan fingerprint density at radius 1 is 1.35 bits per heavy atom. The van der Waals surface area contributed by atoms with Crippen molar-refractivity contribution in [2.75, 3.05) is 6.61 Å². The molecular formula is C14H20O3. The predicted octanol–water partition coefficient (Wildman–Crippen LogP) is 2.49. The van der Waals surface area contributed by atoms with Gasteiger partial charge in [-0.2, -0.15) is 0 Å². The molecule has 0 saturated carbocycles. The van der Waals surface area contributed by atoms with Gasteiger partial charge in [0.25, 0.3) is 0 Å². The van der Waals surface area contributed by atoms with E-state index in [-0.39, 0.29) is 24.6 Å². The number of rotatable bonds is 6. The van der Waals surface area contributed by atoms with E-state index < -0.39 is 0 Å². The molecule has 17 heavy (non-hydrogen) atoms. The number of aliphatic hydroxyl groups is 1. The van der Waals surface area contributed by atoms with Gasteiger partial charge in [-0.3, -0.25) is 4.79 Å². The molecule has 94 valence electrons. The summed E-state index contributed by atoms with van der Waals surface area (Å²) in [4.78, 5) is 11.1. The van der Waals surface area contributed by atoms with Gasteiger partial charge in [-0.05, 0) is 18.4 Å². The van der Waals surface area contributed by atoms with Gasteiger partial charge in [0.15, 0.2) is 0 Å². The van der Waals surface area contributed by atoms with Gasteiger partial charge in [0.1, 0.15) is 6.10 Å². The van der Waals surface area contributed by atoms with E-state index in [1.807, 2.05) is 37.3 Å². The molecule has 0 amide bonds. The molecule has 3 nitrogen and oxygen atoms in total. The maximum atomic E-state index is 11.1. The molecule has 1 aromatic carbocycles. The average Bonchev–Trinajstić information content (AvgIpc) is 2.34. The lowest BCUT2D eigenvalue weighted by atomic mass is 9.92. The van der Waals surface area contributed by atoms with Crippen LogP contribution in [0.4, 0.5) is 0 Å². The molecule has 1 rings (SSSR count). The fourth-order valence-corrected chi connectivity index (χ4v) is 1.89. The smallest absolute Gasteiger partial charge is 0.302 e. The molecule has 2 unspecified atom stereocenters. The zero-order chi connectivity index (χ0) is 12.7. The van der Waals surface area contributed by atoms with Crippen molar-refractivity contribution in [3.05, 3.63) is 35.9 Å². The minimum absolute atomic E-state index is 0.124. The molecule has 0 aliphatic rings. The second-order valence-electron chi connectivity index (χ2n) is 4.21. The van der Waals surface area contributed by atoms with Crippen molar-refractivity contribution >= 4 is 5.97 Å². The van der Waals surface area contributed by atoms with E-state index in [0.29, 0.717) is 12.8 Å². The number of carbonyl (C=O) groups is 1. The summed E-state index contributed by atoms with van der Waals surface area (Å²) < 4.78 is 5.32. The number of hydrogen-bond donors (Lipinski definition) is 1. The molecule has 0 aliphatic carbocycles. The summed E-state index contributed by atoms with van der Waals surface area (Å²) in [5, 5.41) is 8.86. The summed E-state index contributed by atoms with van der Waals surface area (Å²) >= 11 is 0. The molecule has 0 fully saturated rings. The van der Waals surface area contributed by atoms with Crippen molar-refractivity contribution in [3.8, 4) is 0 Å². The van der Waals surface area contributed by atoms with Gasteiger partial charge in [0.05, 0.1) is 0 Å². The van der Waals surface area contributed by atoms with E-state index in [2.05, 4.69) is 0 Å². The maximum Gasteiger partial charge on any atom is 0.302 e. The molecule has 0 spiro atoms. The van der Waals surface area contributed by atoms with Crippen LogP contribution in [0, 0.1) is 0 Å². The first-order valence-corrected chi connectivity index (χ1v) is 5.98. The monoisotopic (exact) mass is 236 g/mol. The van der Waals surface area contributed by atoms with E-state index >= 15 is 0 Å². The third-order valence-electron chi connectivity index (χ3n) is 2.85. The van der Waals surface area contributed by atoms with Crippen LogP contribution >= 0.6 is 0 Å². The summed E-state index contributed by atoms with van der Waals surface area (Å²) in [6.45, 7) is 3.59. The highest BCUT2D eigenvalue weighted by Gasteiger charge is 2.21. The maximum absolute atomic E-state index is 11.1. The molecule has 2 atom stereocenters. The summed E-state index contributed by atoms with van der Waals surface area (Å²) in [6.07, 6.45) is 1.17. The van der Waals surface area contributed by atoms with Crippen molar-refractivity contribution in [1.29, 1.82) is 0 Å². The minimum Gasteiger partial charge on any atom is -0.462 e. The molecule has 0 heterocycles. The third-order valence-corrected chi connectivity index (χ3v) is 2.85. The Balaban J connectivity index is 2.71. The van der Waals surface area contributed by atoms with E-state index in [4.69, 9.17) is 9.84 Å². The van der Waals surface area contributed by atoms with Crippen molar-refractivity contribution in [3.63, 3.8) is 0 Å². The Bertz CT molecular complexity index is 335. The second-order valence-corrected chi connectivity index (χ2v) is 4.21. The van der Waals surface area contributed by atoms with Gasteiger partial charge in [-0.25, -0.2) is 0 Å². The Labute approximate surface area is 102 Å². The standard InChI is InChI=1S/C14H20O3/c1-11(13-7-4-3-5-8-13)14(9-6-10-15)17-12(2)16/h3-5,7-8,11,14-15H,6,9-10H2,1-2H3. The van der Waals surface area contributed by atoms with E-state index in [1.165, 1.54) is 6.92 Å². The van der Waals surface area contributed by atoms with E-state index in [1.54, 1.807) is 0 Å². The van der Waals surface area contributed by atoms with Gasteiger partial charge in [-0.15, -0.1) is 0 Å². The molecule has 1 aromatic rings. The molecule has 0 bridgehead atoms. The number of benzene rings is 1. The first-order valence-electron chi connectivity index (χ1n) is 5.98. The largest absolute Gasteiger partial charge is 0.462 e. The van der Waals surface area contributed by atoms with Crippen molar-refractivity contribution in [1.82, 2.24) is 0 Å². The Kier molecular flexibility index (Phi) is 5.70. The average molecular weight is 236 g/mol. The zero-order valence-electron chi connectivity index (χ0n) is 10.4. The molecule has 0 radical (unpaired) electrons. The predicted molar refractivity (Wildman–Crippen MR) is 66.7 cm³/mol. The van der Waals surface area contributed by atoms with Gasteiger partial charge in [0.2, 0.25) is 0 Å². The SMILES string of the molecule is CC(=O)OC(CCCO)C(C)c1ccccc1. The highest BCUT2D eigenvalue weighted by atomic mass is 16.5.